The molecule has 0 radical (unpaired) electrons. The molecular formula is C14H19NO4S. The van der Waals surface area contributed by atoms with E-state index in [0.29, 0.717) is 24.5 Å². The highest BCUT2D eigenvalue weighted by molar-refractivity contribution is 7.91. The number of para-hydroxylation sites is 1. The van der Waals surface area contributed by atoms with Crippen molar-refractivity contribution in [1.82, 2.24) is 0 Å². The molecule has 1 heterocycles. The van der Waals surface area contributed by atoms with Crippen molar-refractivity contribution in [2.75, 3.05) is 18.1 Å². The van der Waals surface area contributed by atoms with Crippen LogP contribution in [0.15, 0.2) is 28.7 Å². The predicted octanol–water partition coefficient (Wildman–Crippen LogP) is 2.10. The molecule has 5 nitrogen and oxygen atoms in total. The fourth-order valence-electron chi connectivity index (χ4n) is 1.96. The van der Waals surface area contributed by atoms with Gasteiger partial charge in [-0.2, -0.15) is 0 Å². The highest BCUT2D eigenvalue weighted by Crippen LogP contribution is 2.32. The number of ether oxygens (including phenoxy) is 1. The standard InChI is InChI=1S/C14H19NO4S/c1-2-20(16,17)9-5-8-18-14-11-6-3-4-7-12(11)19-13(14)10-15/h3-4,6-7H,2,5,8-10,15H2,1H3. The topological polar surface area (TPSA) is 82.5 Å². The molecule has 1 aromatic carbocycles. The molecule has 6 heteroatoms. The van der Waals surface area contributed by atoms with Crippen LogP contribution in [0.4, 0.5) is 0 Å². The maximum atomic E-state index is 11.4. The first-order valence-corrected chi connectivity index (χ1v) is 8.43. The molecule has 0 aliphatic rings. The Labute approximate surface area is 118 Å². The third-order valence-electron chi connectivity index (χ3n) is 3.09. The lowest BCUT2D eigenvalue weighted by Gasteiger charge is -2.06. The van der Waals surface area contributed by atoms with Gasteiger partial charge >= 0.3 is 0 Å². The van der Waals surface area contributed by atoms with Crippen molar-refractivity contribution in [1.29, 1.82) is 0 Å². The quantitative estimate of drug-likeness (QED) is 0.791. The van der Waals surface area contributed by atoms with Gasteiger partial charge in [0.05, 0.1) is 24.3 Å². The summed E-state index contributed by atoms with van der Waals surface area (Å²) in [6, 6.07) is 7.52. The van der Waals surface area contributed by atoms with Crippen LogP contribution in [0.5, 0.6) is 5.75 Å². The van der Waals surface area contributed by atoms with Crippen molar-refractivity contribution in [3.63, 3.8) is 0 Å². The normalized spacial score (nSPS) is 11.9. The number of rotatable bonds is 7. The maximum Gasteiger partial charge on any atom is 0.169 e. The minimum absolute atomic E-state index is 0.136. The molecule has 2 N–H and O–H groups in total. The number of fused-ring (bicyclic) bond motifs is 1. The highest BCUT2D eigenvalue weighted by Gasteiger charge is 2.14. The van der Waals surface area contributed by atoms with E-state index in [4.69, 9.17) is 14.9 Å². The lowest BCUT2D eigenvalue weighted by molar-refractivity contribution is 0.310. The van der Waals surface area contributed by atoms with Gasteiger partial charge in [0, 0.05) is 5.75 Å². The Bertz CT molecular complexity index is 676. The van der Waals surface area contributed by atoms with E-state index in [0.717, 1.165) is 11.0 Å². The third kappa shape index (κ3) is 3.32. The second-order valence-corrected chi connectivity index (χ2v) is 6.97. The first kappa shape index (κ1) is 14.9. The van der Waals surface area contributed by atoms with E-state index in [-0.39, 0.29) is 18.1 Å². The van der Waals surface area contributed by atoms with Crippen LogP contribution in [0.1, 0.15) is 19.1 Å². The van der Waals surface area contributed by atoms with Crippen molar-refractivity contribution in [2.24, 2.45) is 5.73 Å². The zero-order valence-corrected chi connectivity index (χ0v) is 12.3. The zero-order valence-electron chi connectivity index (χ0n) is 11.5. The summed E-state index contributed by atoms with van der Waals surface area (Å²) in [5.74, 6) is 1.51. The summed E-state index contributed by atoms with van der Waals surface area (Å²) < 4.78 is 34.1. The van der Waals surface area contributed by atoms with E-state index in [9.17, 15) is 8.42 Å². The van der Waals surface area contributed by atoms with Crippen molar-refractivity contribution in [3.05, 3.63) is 30.0 Å². The summed E-state index contributed by atoms with van der Waals surface area (Å²) in [5, 5.41) is 0.867. The molecule has 0 atom stereocenters. The van der Waals surface area contributed by atoms with Gasteiger partial charge in [0.2, 0.25) is 0 Å². The maximum absolute atomic E-state index is 11.4. The summed E-state index contributed by atoms with van der Waals surface area (Å²) in [4.78, 5) is 0. The van der Waals surface area contributed by atoms with Gasteiger partial charge in [0.15, 0.2) is 11.5 Å². The Balaban J connectivity index is 2.06. The number of hydrogen-bond donors (Lipinski definition) is 1. The average Bonchev–Trinajstić information content (AvgIpc) is 2.81. The Morgan fingerprint density at radius 3 is 2.75 bits per heavy atom. The summed E-state index contributed by atoms with van der Waals surface area (Å²) in [7, 11) is -2.95. The SMILES string of the molecule is CCS(=O)(=O)CCCOc1c(CN)oc2ccccc12. The largest absolute Gasteiger partial charge is 0.489 e. The molecule has 0 spiro atoms. The number of furan rings is 1. The van der Waals surface area contributed by atoms with Gasteiger partial charge in [-0.25, -0.2) is 8.42 Å². The lowest BCUT2D eigenvalue weighted by atomic mass is 10.2. The van der Waals surface area contributed by atoms with Gasteiger partial charge < -0.3 is 14.9 Å². The molecule has 2 aromatic rings. The van der Waals surface area contributed by atoms with Gasteiger partial charge in [0.25, 0.3) is 0 Å². The van der Waals surface area contributed by atoms with Crippen LogP contribution < -0.4 is 10.5 Å². The summed E-state index contributed by atoms with van der Waals surface area (Å²) >= 11 is 0. The average molecular weight is 297 g/mol. The summed E-state index contributed by atoms with van der Waals surface area (Å²) in [5.41, 5.74) is 6.37. The molecule has 0 amide bonds. The Hall–Kier alpha value is -1.53. The predicted molar refractivity (Wildman–Crippen MR) is 78.5 cm³/mol. The fraction of sp³-hybridized carbons (Fsp3) is 0.429. The van der Waals surface area contributed by atoms with E-state index in [2.05, 4.69) is 0 Å². The Morgan fingerprint density at radius 1 is 1.30 bits per heavy atom. The van der Waals surface area contributed by atoms with Crippen molar-refractivity contribution in [3.8, 4) is 5.75 Å². The van der Waals surface area contributed by atoms with E-state index in [1.807, 2.05) is 24.3 Å². The number of hydrogen-bond acceptors (Lipinski definition) is 5. The van der Waals surface area contributed by atoms with Gasteiger partial charge in [-0.05, 0) is 18.6 Å². The molecule has 0 unspecified atom stereocenters. The Kier molecular flexibility index (Phi) is 4.67. The van der Waals surface area contributed by atoms with Gasteiger partial charge in [-0.1, -0.05) is 19.1 Å². The zero-order chi connectivity index (χ0) is 14.6. The molecule has 0 bridgehead atoms. The summed E-state index contributed by atoms with van der Waals surface area (Å²) in [6.07, 6.45) is 0.458. The molecule has 0 saturated heterocycles. The van der Waals surface area contributed by atoms with Crippen LogP contribution in [0.3, 0.4) is 0 Å². The minimum Gasteiger partial charge on any atom is -0.489 e. The van der Waals surface area contributed by atoms with Crippen LogP contribution in [0.25, 0.3) is 11.0 Å². The first-order chi connectivity index (χ1) is 9.57. The Morgan fingerprint density at radius 2 is 2.05 bits per heavy atom. The van der Waals surface area contributed by atoms with Crippen molar-refractivity contribution >= 4 is 20.8 Å². The van der Waals surface area contributed by atoms with Crippen molar-refractivity contribution in [2.45, 2.75) is 19.9 Å². The molecule has 2 rings (SSSR count). The van der Waals surface area contributed by atoms with Crippen LogP contribution in [0, 0.1) is 0 Å². The summed E-state index contributed by atoms with van der Waals surface area (Å²) in [6.45, 7) is 2.22. The third-order valence-corrected chi connectivity index (χ3v) is 4.88. The molecule has 0 saturated carbocycles. The molecular weight excluding hydrogens is 278 g/mol. The molecule has 0 fully saturated rings. The van der Waals surface area contributed by atoms with Crippen LogP contribution in [-0.4, -0.2) is 26.5 Å². The van der Waals surface area contributed by atoms with E-state index in [1.54, 1.807) is 6.92 Å². The molecule has 0 aliphatic heterocycles. The molecule has 1 aromatic heterocycles. The van der Waals surface area contributed by atoms with E-state index >= 15 is 0 Å². The first-order valence-electron chi connectivity index (χ1n) is 6.61. The molecule has 0 aliphatic carbocycles. The fourth-order valence-corrected chi connectivity index (χ4v) is 2.81. The highest BCUT2D eigenvalue weighted by atomic mass is 32.2. The minimum atomic E-state index is -2.95. The monoisotopic (exact) mass is 297 g/mol. The van der Waals surface area contributed by atoms with Crippen LogP contribution >= 0.6 is 0 Å². The van der Waals surface area contributed by atoms with Gasteiger partial charge in [-0.15, -0.1) is 0 Å². The van der Waals surface area contributed by atoms with Crippen molar-refractivity contribution < 1.29 is 17.6 Å². The van der Waals surface area contributed by atoms with E-state index < -0.39 is 9.84 Å². The lowest BCUT2D eigenvalue weighted by Crippen LogP contribution is -2.12. The molecule has 110 valence electrons. The van der Waals surface area contributed by atoms with Crippen LogP contribution in [-0.2, 0) is 16.4 Å². The number of benzene rings is 1. The van der Waals surface area contributed by atoms with E-state index in [1.165, 1.54) is 0 Å². The van der Waals surface area contributed by atoms with Gasteiger partial charge in [0.1, 0.15) is 15.4 Å². The second kappa shape index (κ2) is 6.28. The number of sulfone groups is 1. The smallest absolute Gasteiger partial charge is 0.169 e. The molecule has 20 heavy (non-hydrogen) atoms. The second-order valence-electron chi connectivity index (χ2n) is 4.49. The number of nitrogens with two attached hydrogens (primary N) is 1. The van der Waals surface area contributed by atoms with Crippen LogP contribution in [0.2, 0.25) is 0 Å². The van der Waals surface area contributed by atoms with Gasteiger partial charge in [-0.3, -0.25) is 0 Å².